The van der Waals surface area contributed by atoms with Crippen LogP contribution in [0, 0.1) is 0 Å². The number of rotatable bonds is 0. The molecule has 17 rings (SSSR count). The van der Waals surface area contributed by atoms with Crippen molar-refractivity contribution >= 4 is 134 Å². The van der Waals surface area contributed by atoms with Crippen LogP contribution in [0.2, 0.25) is 0 Å². The molecule has 0 unspecified atom stereocenters. The van der Waals surface area contributed by atoms with Gasteiger partial charge in [-0.1, -0.05) is 222 Å². The van der Waals surface area contributed by atoms with Crippen LogP contribution in [-0.4, -0.2) is 28.3 Å². The number of para-hydroxylation sites is 1. The molecule has 13 aromatic rings. The summed E-state index contributed by atoms with van der Waals surface area (Å²) >= 11 is 0. The van der Waals surface area contributed by atoms with Crippen molar-refractivity contribution in [3.63, 3.8) is 0 Å². The lowest BCUT2D eigenvalue weighted by atomic mass is 9.34. The molecule has 0 aliphatic carbocycles. The number of hydrogen-bond acceptors (Lipinski definition) is 0. The highest BCUT2D eigenvalue weighted by Gasteiger charge is 2.57. The molecule has 0 N–H and O–H groups in total. The lowest BCUT2D eigenvalue weighted by Crippen LogP contribution is -2.77. The number of fused-ring (bicyclic) bond motifs is 21. The van der Waals surface area contributed by atoms with Crippen LogP contribution in [0.15, 0.2) is 133 Å². The van der Waals surface area contributed by atoms with Crippen LogP contribution in [0.3, 0.4) is 0 Å². The third kappa shape index (κ3) is 6.03. The average molecular weight is 1090 g/mol. The van der Waals surface area contributed by atoms with Gasteiger partial charge in [0.05, 0.1) is 33.1 Å². The topological polar surface area (TPSA) is 14.3 Å². The summed E-state index contributed by atoms with van der Waals surface area (Å²) in [6, 6.07) is 56.1. The predicted molar refractivity (Wildman–Crippen MR) is 363 cm³/mol. The van der Waals surface area contributed by atoms with Gasteiger partial charge >= 0.3 is 0 Å². The van der Waals surface area contributed by atoms with E-state index >= 15 is 0 Å². The van der Waals surface area contributed by atoms with E-state index in [2.05, 4.69) is 272 Å². The SMILES string of the molecule is CC(C)(C)c1ccc2c(c1)[Si]1(c3cc(C(C)(C)C)ccc3-2)c2ccc3c4c2-n2c5c(cc(C(C)(C)C)cc5c5cc(C(C)(C)C)cc1c52)B4c1cc2c(c4cccc5c6ccc(C(C)(C)C)cc6n2c54)c2c4ccc(C(C)(C)C)cc4n-3c12. The van der Waals surface area contributed by atoms with E-state index in [4.69, 9.17) is 0 Å². The van der Waals surface area contributed by atoms with Gasteiger partial charge in [0.15, 0.2) is 8.07 Å². The zero-order valence-corrected chi connectivity index (χ0v) is 53.1. The molecule has 5 heteroatoms. The van der Waals surface area contributed by atoms with Crippen molar-refractivity contribution in [3.05, 3.63) is 167 Å². The van der Waals surface area contributed by atoms with Gasteiger partial charge in [-0.25, -0.2) is 0 Å². The van der Waals surface area contributed by atoms with E-state index in [0.717, 1.165) is 0 Å². The van der Waals surface area contributed by atoms with Gasteiger partial charge in [-0.15, -0.1) is 0 Å². The van der Waals surface area contributed by atoms with Gasteiger partial charge in [-0.3, -0.25) is 0 Å². The molecule has 4 aliphatic rings. The van der Waals surface area contributed by atoms with Crippen LogP contribution in [0.1, 0.15) is 158 Å². The van der Waals surface area contributed by atoms with Crippen LogP contribution in [0.25, 0.3) is 104 Å². The highest BCUT2D eigenvalue weighted by molar-refractivity contribution is 7.24. The van der Waals surface area contributed by atoms with E-state index in [1.54, 1.807) is 15.6 Å². The second kappa shape index (κ2) is 14.9. The van der Waals surface area contributed by atoms with E-state index in [9.17, 15) is 0 Å². The maximum absolute atomic E-state index is 3.21. The summed E-state index contributed by atoms with van der Waals surface area (Å²) in [7, 11) is -3.21. The monoisotopic (exact) mass is 1090 g/mol. The molecule has 410 valence electrons. The third-order valence-electron chi connectivity index (χ3n) is 21.0. The highest BCUT2D eigenvalue weighted by atomic mass is 28.3. The smallest absolute Gasteiger partial charge is 0.252 e. The summed E-state index contributed by atoms with van der Waals surface area (Å²) in [4.78, 5) is 0. The molecule has 9 aromatic carbocycles. The first-order valence-corrected chi connectivity index (χ1v) is 32.9. The van der Waals surface area contributed by atoms with Gasteiger partial charge < -0.3 is 13.5 Å². The quantitative estimate of drug-likeness (QED) is 0.134. The number of aromatic nitrogens is 3. The molecule has 0 bridgehead atoms. The van der Waals surface area contributed by atoms with Crippen LogP contribution in [-0.2, 0) is 32.5 Å². The van der Waals surface area contributed by atoms with Crippen LogP contribution >= 0.6 is 0 Å². The Bertz CT molecular complexity index is 5130. The average Bonchev–Trinajstić information content (AvgIpc) is 1.56. The maximum atomic E-state index is 2.87. The summed E-state index contributed by atoms with van der Waals surface area (Å²) < 4.78 is 8.34. The molecule has 0 fully saturated rings. The Kier molecular flexibility index (Phi) is 9.04. The standard InChI is InChI=1S/C78H76BN3Si/c1-73(2,3)41-22-26-47-50-20-19-21-52-65-60(81(68(50)52)58(47)35-41)40-56-71-66(65)51-29-25-42(74(4,5)6)36-59(51)80(71)57-30-31-61-72-67(57)79(56)55-34-45(77(13,14)15)32-53-54-33-46(78(16,17)18)39-64(70(54)82(72)69(53)55)83(61)62-37-43(75(7,8)9)23-27-48(62)49-28-24-44(38-63(49)83)76(10,11)12/h19-40H,1-18H3. The van der Waals surface area contributed by atoms with Gasteiger partial charge in [0.2, 0.25) is 0 Å². The zero-order valence-electron chi connectivity index (χ0n) is 52.1. The molecule has 83 heavy (non-hydrogen) atoms. The molecule has 8 heterocycles. The number of hydrogen-bond donors (Lipinski definition) is 0. The fourth-order valence-corrected chi connectivity index (χ4v) is 22.2. The Morgan fingerprint density at radius 1 is 0.325 bits per heavy atom. The molecular formula is C78H76BN3Si. The molecule has 4 aliphatic heterocycles. The molecule has 3 nitrogen and oxygen atoms in total. The molecular weight excluding hydrogens is 1020 g/mol. The maximum Gasteiger partial charge on any atom is 0.252 e. The largest absolute Gasteiger partial charge is 0.310 e. The lowest BCUT2D eigenvalue weighted by molar-refractivity contribution is 0.590. The predicted octanol–water partition coefficient (Wildman–Crippen LogP) is 15.6. The molecule has 0 amide bonds. The Morgan fingerprint density at radius 2 is 0.831 bits per heavy atom. The number of benzene rings is 9. The second-order valence-corrected chi connectivity index (χ2v) is 35.9. The Hall–Kier alpha value is -7.34. The summed E-state index contributed by atoms with van der Waals surface area (Å²) in [5, 5.41) is 17.1. The first-order valence-electron chi connectivity index (χ1n) is 30.9. The van der Waals surface area contributed by atoms with Gasteiger partial charge in [0.1, 0.15) is 0 Å². The minimum Gasteiger partial charge on any atom is -0.310 e. The minimum absolute atomic E-state index is 0.00667. The highest BCUT2D eigenvalue weighted by Crippen LogP contribution is 2.50. The first kappa shape index (κ1) is 50.2. The zero-order chi connectivity index (χ0) is 57.8. The summed E-state index contributed by atoms with van der Waals surface area (Å²) in [5.41, 5.74) is 27.3. The molecule has 0 saturated carbocycles. The van der Waals surface area contributed by atoms with E-state index < -0.39 is 8.07 Å². The van der Waals surface area contributed by atoms with Crippen molar-refractivity contribution in [2.45, 2.75) is 157 Å². The van der Waals surface area contributed by atoms with E-state index in [-0.39, 0.29) is 39.2 Å². The van der Waals surface area contributed by atoms with Gasteiger partial charge in [0, 0.05) is 60.0 Å². The Morgan fingerprint density at radius 3 is 1.43 bits per heavy atom. The summed E-state index contributed by atoms with van der Waals surface area (Å²) in [6.45, 7) is 43.3. The van der Waals surface area contributed by atoms with Crippen molar-refractivity contribution in [3.8, 4) is 22.5 Å². The van der Waals surface area contributed by atoms with Crippen LogP contribution in [0.5, 0.6) is 0 Å². The van der Waals surface area contributed by atoms with Crippen LogP contribution < -0.4 is 37.1 Å². The first-order chi connectivity index (χ1) is 39.0. The van der Waals surface area contributed by atoms with Gasteiger partial charge in [-0.2, -0.15) is 0 Å². The van der Waals surface area contributed by atoms with Crippen LogP contribution in [0.4, 0.5) is 0 Å². The van der Waals surface area contributed by atoms with E-state index in [1.165, 1.54) is 159 Å². The normalized spacial score (nSPS) is 15.4. The van der Waals surface area contributed by atoms with Gasteiger partial charge in [0.25, 0.3) is 6.71 Å². The Balaban J connectivity index is 1.14. The van der Waals surface area contributed by atoms with Crippen molar-refractivity contribution in [2.75, 3.05) is 0 Å². The fraction of sp³-hybridized carbons (Fsp3) is 0.308. The molecule has 4 aromatic heterocycles. The van der Waals surface area contributed by atoms with Crippen molar-refractivity contribution in [1.82, 2.24) is 13.5 Å². The number of nitrogens with zero attached hydrogens (tertiary/aromatic N) is 3. The fourth-order valence-electron chi connectivity index (χ4n) is 16.6. The van der Waals surface area contributed by atoms with Gasteiger partial charge in [-0.05, 0) is 151 Å². The minimum atomic E-state index is -3.21. The molecule has 0 atom stereocenters. The Labute approximate surface area is 490 Å². The summed E-state index contributed by atoms with van der Waals surface area (Å²) in [5.74, 6) is 0. The van der Waals surface area contributed by atoms with E-state index in [0.29, 0.717) is 0 Å². The molecule has 1 spiro atoms. The van der Waals surface area contributed by atoms with Crippen molar-refractivity contribution in [1.29, 1.82) is 0 Å². The van der Waals surface area contributed by atoms with Crippen molar-refractivity contribution < 1.29 is 0 Å². The summed E-state index contributed by atoms with van der Waals surface area (Å²) in [6.07, 6.45) is 0. The third-order valence-corrected chi connectivity index (χ3v) is 25.9. The van der Waals surface area contributed by atoms with E-state index in [1.807, 2.05) is 0 Å². The second-order valence-electron chi connectivity index (χ2n) is 32.2. The molecule has 0 radical (unpaired) electrons. The lowest BCUT2D eigenvalue weighted by Gasteiger charge is -2.43. The van der Waals surface area contributed by atoms with Crippen molar-refractivity contribution in [2.24, 2.45) is 0 Å². The molecule has 0 saturated heterocycles.